The van der Waals surface area contributed by atoms with Gasteiger partial charge < -0.3 is 4.74 Å². The number of nitrogens with zero attached hydrogens (tertiary/aromatic N) is 1. The number of nitrogens with two attached hydrogens (primary N) is 1. The second-order valence-electron chi connectivity index (χ2n) is 3.85. The largest absolute Gasteiger partial charge is 0.484 e. The van der Waals surface area contributed by atoms with Gasteiger partial charge in [0, 0.05) is 6.20 Å². The number of carbonyl (C=O) groups is 1. The first-order chi connectivity index (χ1) is 9.61. The number of amides is 1. The smallest absolute Gasteiger partial charge is 0.266 e. The van der Waals surface area contributed by atoms with Gasteiger partial charge in [0.25, 0.3) is 5.91 Å². The van der Waals surface area contributed by atoms with Crippen molar-refractivity contribution in [3.05, 3.63) is 58.6 Å². The molecule has 0 aliphatic heterocycles. The fraction of sp³-hybridized carbons (Fsp3) is 0.0769. The molecule has 0 aliphatic rings. The quantitative estimate of drug-likeness (QED) is 0.514. The first-order valence-corrected chi connectivity index (χ1v) is 6.02. The summed E-state index contributed by atoms with van der Waals surface area (Å²) < 4.78 is 18.9. The van der Waals surface area contributed by atoms with Crippen LogP contribution in [0.2, 0.25) is 5.02 Å². The van der Waals surface area contributed by atoms with Crippen molar-refractivity contribution < 1.29 is 13.9 Å². The Kier molecular flexibility index (Phi) is 4.49. The van der Waals surface area contributed by atoms with E-state index in [0.29, 0.717) is 11.3 Å². The van der Waals surface area contributed by atoms with Gasteiger partial charge in [-0.05, 0) is 24.3 Å². The molecule has 1 heterocycles. The molecule has 104 valence electrons. The van der Waals surface area contributed by atoms with Gasteiger partial charge in [0.2, 0.25) is 0 Å². The third kappa shape index (κ3) is 3.23. The Morgan fingerprint density at radius 3 is 2.85 bits per heavy atom. The van der Waals surface area contributed by atoms with Crippen LogP contribution in [0.5, 0.6) is 5.75 Å². The van der Waals surface area contributed by atoms with Gasteiger partial charge in [-0.3, -0.25) is 15.2 Å². The lowest BCUT2D eigenvalue weighted by atomic mass is 10.2. The Morgan fingerprint density at radius 2 is 2.20 bits per heavy atom. The fourth-order valence-corrected chi connectivity index (χ4v) is 1.64. The van der Waals surface area contributed by atoms with Gasteiger partial charge in [-0.2, -0.15) is 0 Å². The maximum absolute atomic E-state index is 13.6. The summed E-state index contributed by atoms with van der Waals surface area (Å²) in [4.78, 5) is 15.2. The number of benzene rings is 1. The van der Waals surface area contributed by atoms with Gasteiger partial charge in [-0.15, -0.1) is 0 Å². The van der Waals surface area contributed by atoms with Crippen molar-refractivity contribution in [3.8, 4) is 5.75 Å². The van der Waals surface area contributed by atoms with Gasteiger partial charge >= 0.3 is 0 Å². The Labute approximate surface area is 119 Å². The summed E-state index contributed by atoms with van der Waals surface area (Å²) >= 11 is 5.64. The standard InChI is InChI=1S/C13H11ClFN3O2/c14-10-2-1-3-11(12(10)15)20-7-9-5-4-8(6-17-9)13(19)18-16/h1-6H,7,16H2,(H,18,19). The zero-order valence-corrected chi connectivity index (χ0v) is 11.0. The number of aromatic nitrogens is 1. The Hall–Kier alpha value is -2.18. The molecule has 2 rings (SSSR count). The van der Waals surface area contributed by atoms with Crippen molar-refractivity contribution >= 4 is 17.5 Å². The molecular formula is C13H11ClFN3O2. The number of halogens is 2. The summed E-state index contributed by atoms with van der Waals surface area (Å²) in [5, 5.41) is -0.00887. The van der Waals surface area contributed by atoms with E-state index in [4.69, 9.17) is 22.2 Å². The first kappa shape index (κ1) is 14.2. The van der Waals surface area contributed by atoms with Crippen LogP contribution in [0.15, 0.2) is 36.5 Å². The zero-order valence-electron chi connectivity index (χ0n) is 10.3. The molecule has 7 heteroatoms. The lowest BCUT2D eigenvalue weighted by Crippen LogP contribution is -2.30. The molecule has 1 aromatic carbocycles. The van der Waals surface area contributed by atoms with Gasteiger partial charge in [0.1, 0.15) is 6.61 Å². The molecule has 0 atom stereocenters. The molecule has 1 amide bonds. The molecular weight excluding hydrogens is 285 g/mol. The second-order valence-corrected chi connectivity index (χ2v) is 4.26. The highest BCUT2D eigenvalue weighted by atomic mass is 35.5. The molecule has 0 fully saturated rings. The van der Waals surface area contributed by atoms with E-state index in [1.807, 2.05) is 5.43 Å². The van der Waals surface area contributed by atoms with Crippen LogP contribution in [0, 0.1) is 5.82 Å². The highest BCUT2D eigenvalue weighted by Crippen LogP contribution is 2.24. The van der Waals surface area contributed by atoms with E-state index in [9.17, 15) is 9.18 Å². The van der Waals surface area contributed by atoms with Gasteiger partial charge in [0.15, 0.2) is 11.6 Å². The normalized spacial score (nSPS) is 10.2. The molecule has 0 radical (unpaired) electrons. The summed E-state index contributed by atoms with van der Waals surface area (Å²) in [6, 6.07) is 7.62. The molecule has 0 aliphatic carbocycles. The maximum atomic E-state index is 13.6. The van der Waals surface area contributed by atoms with Gasteiger partial charge in [-0.25, -0.2) is 10.2 Å². The van der Waals surface area contributed by atoms with Crippen LogP contribution in [-0.4, -0.2) is 10.9 Å². The van der Waals surface area contributed by atoms with Crippen molar-refractivity contribution in [1.29, 1.82) is 0 Å². The van der Waals surface area contributed by atoms with E-state index in [1.54, 1.807) is 18.2 Å². The molecule has 0 unspecified atom stereocenters. The number of nitrogens with one attached hydrogen (secondary N) is 1. The minimum Gasteiger partial charge on any atom is -0.484 e. The summed E-state index contributed by atoms with van der Waals surface area (Å²) in [5.41, 5.74) is 2.86. The molecule has 2 aromatic rings. The van der Waals surface area contributed by atoms with Crippen LogP contribution in [0.1, 0.15) is 16.1 Å². The first-order valence-electron chi connectivity index (χ1n) is 5.64. The molecule has 0 spiro atoms. The predicted molar refractivity (Wildman–Crippen MR) is 71.6 cm³/mol. The van der Waals surface area contributed by atoms with E-state index in [2.05, 4.69) is 4.98 Å². The van der Waals surface area contributed by atoms with E-state index in [-0.39, 0.29) is 17.4 Å². The Balaban J connectivity index is 2.04. The van der Waals surface area contributed by atoms with Crippen molar-refractivity contribution in [3.63, 3.8) is 0 Å². The van der Waals surface area contributed by atoms with Crippen LogP contribution in [-0.2, 0) is 6.61 Å². The van der Waals surface area contributed by atoms with Crippen LogP contribution in [0.3, 0.4) is 0 Å². The number of pyridine rings is 1. The lowest BCUT2D eigenvalue weighted by Gasteiger charge is -2.07. The number of nitrogen functional groups attached to an aromatic ring is 1. The van der Waals surface area contributed by atoms with Crippen molar-refractivity contribution in [1.82, 2.24) is 10.4 Å². The van der Waals surface area contributed by atoms with Crippen molar-refractivity contribution in [2.24, 2.45) is 5.84 Å². The average Bonchev–Trinajstić information content (AvgIpc) is 2.48. The molecule has 1 aromatic heterocycles. The van der Waals surface area contributed by atoms with E-state index in [1.165, 1.54) is 18.3 Å². The van der Waals surface area contributed by atoms with E-state index in [0.717, 1.165) is 0 Å². The topological polar surface area (TPSA) is 77.2 Å². The number of hydrogen-bond acceptors (Lipinski definition) is 4. The molecule has 5 nitrogen and oxygen atoms in total. The van der Waals surface area contributed by atoms with Crippen LogP contribution in [0.4, 0.5) is 4.39 Å². The number of ether oxygens (including phenoxy) is 1. The summed E-state index contributed by atoms with van der Waals surface area (Å²) in [6.45, 7) is 0.0573. The van der Waals surface area contributed by atoms with Crippen LogP contribution in [0.25, 0.3) is 0 Å². The second kappa shape index (κ2) is 6.31. The van der Waals surface area contributed by atoms with Gasteiger partial charge in [0.05, 0.1) is 16.3 Å². The minimum absolute atomic E-state index is 0.00887. The van der Waals surface area contributed by atoms with Crippen molar-refractivity contribution in [2.75, 3.05) is 0 Å². The van der Waals surface area contributed by atoms with Crippen LogP contribution >= 0.6 is 11.6 Å². The van der Waals surface area contributed by atoms with E-state index < -0.39 is 11.7 Å². The summed E-state index contributed by atoms with van der Waals surface area (Å²) in [6.07, 6.45) is 1.36. The minimum atomic E-state index is -0.617. The maximum Gasteiger partial charge on any atom is 0.266 e. The molecule has 0 bridgehead atoms. The fourth-order valence-electron chi connectivity index (χ4n) is 1.47. The van der Waals surface area contributed by atoms with E-state index >= 15 is 0 Å². The number of carbonyl (C=O) groups excluding carboxylic acids is 1. The Bertz CT molecular complexity index is 620. The summed E-state index contributed by atoms with van der Waals surface area (Å²) in [5.74, 6) is 3.99. The SMILES string of the molecule is NNC(=O)c1ccc(COc2cccc(Cl)c2F)nc1. The molecule has 3 N–H and O–H groups in total. The number of hydrazine groups is 1. The molecule has 0 saturated heterocycles. The predicted octanol–water partition coefficient (Wildman–Crippen LogP) is 2.06. The van der Waals surface area contributed by atoms with Crippen molar-refractivity contribution in [2.45, 2.75) is 6.61 Å². The monoisotopic (exact) mass is 295 g/mol. The van der Waals surface area contributed by atoms with Crippen LogP contribution < -0.4 is 16.0 Å². The zero-order chi connectivity index (χ0) is 14.5. The molecule has 20 heavy (non-hydrogen) atoms. The number of rotatable bonds is 4. The third-order valence-corrected chi connectivity index (χ3v) is 2.80. The highest BCUT2D eigenvalue weighted by molar-refractivity contribution is 6.30. The molecule has 0 saturated carbocycles. The highest BCUT2D eigenvalue weighted by Gasteiger charge is 2.08. The Morgan fingerprint density at radius 1 is 1.40 bits per heavy atom. The summed E-state index contributed by atoms with van der Waals surface area (Å²) in [7, 11) is 0. The van der Waals surface area contributed by atoms with Gasteiger partial charge in [-0.1, -0.05) is 17.7 Å². The lowest BCUT2D eigenvalue weighted by molar-refractivity contribution is 0.0953. The average molecular weight is 296 g/mol. The third-order valence-electron chi connectivity index (χ3n) is 2.51. The number of hydrogen-bond donors (Lipinski definition) is 2.